The van der Waals surface area contributed by atoms with Crippen LogP contribution in [0.3, 0.4) is 0 Å². The van der Waals surface area contributed by atoms with Crippen LogP contribution in [-0.4, -0.2) is 74.1 Å². The molecule has 9 heteroatoms. The maximum Gasteiger partial charge on any atom is 0.472 e. The number of aliphatic hydroxyl groups excluding tert-OH is 1. The number of likely N-dealkylation sites (N-methyl/N-ethyl adjacent to an activating group) is 1. The Morgan fingerprint density at radius 3 is 1.82 bits per heavy atom. The number of ether oxygens (including phenoxy) is 1. The normalized spacial score (nSPS) is 15.3. The van der Waals surface area contributed by atoms with E-state index >= 15 is 0 Å². The van der Waals surface area contributed by atoms with E-state index in [4.69, 9.17) is 13.8 Å². The molecule has 0 aliphatic rings. The number of hydrogen-bond acceptors (Lipinski definition) is 6. The van der Waals surface area contributed by atoms with Crippen LogP contribution in [0.15, 0.2) is 60.8 Å². The molecule has 0 amide bonds. The highest BCUT2D eigenvalue weighted by Crippen LogP contribution is 2.43. The molecule has 224 valence electrons. The van der Waals surface area contributed by atoms with Gasteiger partial charge in [0, 0.05) is 6.42 Å². The molecule has 0 saturated carbocycles. The number of unbranched alkanes of at least 4 members (excludes halogenated alkanes) is 3. The summed E-state index contributed by atoms with van der Waals surface area (Å²) >= 11 is 0. The number of esters is 1. The lowest BCUT2D eigenvalue weighted by Gasteiger charge is -2.24. The summed E-state index contributed by atoms with van der Waals surface area (Å²) < 4.78 is 27.0. The number of aliphatic hydroxyl groups is 1. The SMILES string of the molecule is CCCCC/C=C\C/C=C\C/C=C\C/C=C\C/C=C\CCC(=O)OC[C@@H](O)COP(=O)(O)OCC[N+](C)(C)C. The fourth-order valence-electron chi connectivity index (χ4n) is 2.99. The molecule has 39 heavy (non-hydrogen) atoms. The number of carbonyl (C=O) groups is 1. The van der Waals surface area contributed by atoms with Gasteiger partial charge < -0.3 is 19.2 Å². The Morgan fingerprint density at radius 2 is 1.31 bits per heavy atom. The van der Waals surface area contributed by atoms with Crippen LogP contribution in [0.5, 0.6) is 0 Å². The molecular weight excluding hydrogens is 517 g/mol. The molecule has 2 N–H and O–H groups in total. The molecule has 0 saturated heterocycles. The predicted octanol–water partition coefficient (Wildman–Crippen LogP) is 6.43. The molecule has 0 aliphatic carbocycles. The highest BCUT2D eigenvalue weighted by atomic mass is 31.2. The first-order valence-corrected chi connectivity index (χ1v) is 15.6. The van der Waals surface area contributed by atoms with E-state index in [0.29, 0.717) is 17.4 Å². The van der Waals surface area contributed by atoms with Crippen LogP contribution in [-0.2, 0) is 23.1 Å². The summed E-state index contributed by atoms with van der Waals surface area (Å²) in [6, 6.07) is 0. The lowest BCUT2D eigenvalue weighted by Crippen LogP contribution is -2.37. The second-order valence-corrected chi connectivity index (χ2v) is 11.7. The van der Waals surface area contributed by atoms with E-state index in [0.717, 1.165) is 25.7 Å². The number of phosphoric ester groups is 1. The van der Waals surface area contributed by atoms with Gasteiger partial charge in [-0.05, 0) is 44.9 Å². The monoisotopic (exact) mass is 570 g/mol. The Kier molecular flexibility index (Phi) is 22.9. The van der Waals surface area contributed by atoms with Crippen molar-refractivity contribution >= 4 is 13.8 Å². The fourth-order valence-corrected chi connectivity index (χ4v) is 3.74. The minimum atomic E-state index is -4.26. The van der Waals surface area contributed by atoms with Crippen LogP contribution >= 0.6 is 7.82 Å². The molecule has 0 aromatic heterocycles. The van der Waals surface area contributed by atoms with Gasteiger partial charge in [-0.15, -0.1) is 0 Å². The van der Waals surface area contributed by atoms with Gasteiger partial charge in [0.2, 0.25) is 0 Å². The van der Waals surface area contributed by atoms with Crippen molar-refractivity contribution in [3.05, 3.63) is 60.8 Å². The van der Waals surface area contributed by atoms with Gasteiger partial charge in [-0.1, -0.05) is 80.5 Å². The van der Waals surface area contributed by atoms with Crippen LogP contribution in [0.1, 0.15) is 71.1 Å². The second-order valence-electron chi connectivity index (χ2n) is 10.3. The van der Waals surface area contributed by atoms with Crippen molar-refractivity contribution in [2.24, 2.45) is 0 Å². The minimum Gasteiger partial charge on any atom is -0.463 e. The number of carbonyl (C=O) groups excluding carboxylic acids is 1. The van der Waals surface area contributed by atoms with Crippen LogP contribution in [0.2, 0.25) is 0 Å². The Balaban J connectivity index is 3.78. The number of hydrogen-bond donors (Lipinski definition) is 2. The molecule has 0 aromatic rings. The summed E-state index contributed by atoms with van der Waals surface area (Å²) in [5.41, 5.74) is 0. The molecule has 0 aromatic carbocycles. The van der Waals surface area contributed by atoms with Gasteiger partial charge in [0.05, 0.1) is 27.7 Å². The first-order valence-electron chi connectivity index (χ1n) is 14.1. The van der Waals surface area contributed by atoms with E-state index in [9.17, 15) is 19.4 Å². The zero-order valence-corrected chi connectivity index (χ0v) is 25.5. The van der Waals surface area contributed by atoms with Gasteiger partial charge in [-0.3, -0.25) is 13.8 Å². The smallest absolute Gasteiger partial charge is 0.463 e. The van der Waals surface area contributed by atoms with E-state index in [1.54, 1.807) is 0 Å². The molecule has 0 rings (SSSR count). The van der Waals surface area contributed by atoms with Crippen LogP contribution < -0.4 is 0 Å². The lowest BCUT2D eigenvalue weighted by atomic mass is 10.2. The minimum absolute atomic E-state index is 0.0400. The Hall–Kier alpha value is -1.80. The molecule has 1 unspecified atom stereocenters. The molecule has 0 fully saturated rings. The largest absolute Gasteiger partial charge is 0.472 e. The molecule has 0 radical (unpaired) electrons. The Labute approximate surface area is 236 Å². The number of rotatable bonds is 24. The zero-order valence-electron chi connectivity index (χ0n) is 24.6. The third kappa shape index (κ3) is 29.0. The number of nitrogens with zero attached hydrogens (tertiary/aromatic N) is 1. The molecule has 0 aliphatic heterocycles. The van der Waals surface area contributed by atoms with Gasteiger partial charge in [0.1, 0.15) is 25.9 Å². The summed E-state index contributed by atoms with van der Waals surface area (Å²) in [6.45, 7) is 2.00. The molecule has 0 bridgehead atoms. The average Bonchev–Trinajstić information content (AvgIpc) is 2.86. The first kappa shape index (κ1) is 37.2. The summed E-state index contributed by atoms with van der Waals surface area (Å²) in [5, 5.41) is 9.83. The van der Waals surface area contributed by atoms with Crippen molar-refractivity contribution in [1.29, 1.82) is 0 Å². The van der Waals surface area contributed by atoms with Crippen LogP contribution in [0.25, 0.3) is 0 Å². The van der Waals surface area contributed by atoms with E-state index < -0.39 is 26.5 Å². The van der Waals surface area contributed by atoms with Gasteiger partial charge in [-0.25, -0.2) is 4.57 Å². The molecular formula is C30H53NO7P+. The standard InChI is InChI=1S/C30H52NO7P/c1-5-6-7-8-9-10-11-12-13-14-15-16-17-18-19-20-21-22-23-24-30(33)36-27-29(32)28-38-39(34,35)37-26-25-31(2,3)4/h9-10,12-13,15-16,18-19,21-22,29,32H,5-8,11,14,17,20,23-28H2,1-4H3/p+1/b10-9-,13-12-,16-15-,19-18-,22-21-/t29-/m1/s1. The van der Waals surface area contributed by atoms with E-state index in [-0.39, 0.29) is 19.6 Å². The maximum absolute atomic E-state index is 11.8. The van der Waals surface area contributed by atoms with Crippen molar-refractivity contribution in [1.82, 2.24) is 0 Å². The van der Waals surface area contributed by atoms with Gasteiger partial charge >= 0.3 is 13.8 Å². The van der Waals surface area contributed by atoms with Gasteiger partial charge in [0.15, 0.2) is 0 Å². The van der Waals surface area contributed by atoms with Crippen molar-refractivity contribution in [2.75, 3.05) is 47.5 Å². The zero-order chi connectivity index (χ0) is 29.2. The van der Waals surface area contributed by atoms with Crippen LogP contribution in [0.4, 0.5) is 0 Å². The number of quaternary nitrogens is 1. The maximum atomic E-state index is 11.8. The fraction of sp³-hybridized carbons (Fsp3) is 0.633. The number of phosphoric acid groups is 1. The highest BCUT2D eigenvalue weighted by molar-refractivity contribution is 7.47. The topological polar surface area (TPSA) is 102 Å². The summed E-state index contributed by atoms with van der Waals surface area (Å²) in [6.07, 6.45) is 29.5. The van der Waals surface area contributed by atoms with Crippen molar-refractivity contribution in [3.8, 4) is 0 Å². The third-order valence-electron chi connectivity index (χ3n) is 5.29. The predicted molar refractivity (Wildman–Crippen MR) is 159 cm³/mol. The van der Waals surface area contributed by atoms with Gasteiger partial charge in [0.25, 0.3) is 0 Å². The Morgan fingerprint density at radius 1 is 0.795 bits per heavy atom. The molecule has 0 heterocycles. The van der Waals surface area contributed by atoms with Crippen molar-refractivity contribution < 1.29 is 37.6 Å². The lowest BCUT2D eigenvalue weighted by molar-refractivity contribution is -0.870. The molecule has 8 nitrogen and oxygen atoms in total. The summed E-state index contributed by atoms with van der Waals surface area (Å²) in [5.74, 6) is -0.456. The highest BCUT2D eigenvalue weighted by Gasteiger charge is 2.24. The summed E-state index contributed by atoms with van der Waals surface area (Å²) in [7, 11) is 1.51. The van der Waals surface area contributed by atoms with E-state index in [1.165, 1.54) is 25.7 Å². The average molecular weight is 571 g/mol. The van der Waals surface area contributed by atoms with E-state index in [1.807, 2.05) is 33.3 Å². The molecule has 2 atom stereocenters. The number of allylic oxidation sites excluding steroid dienone is 10. The van der Waals surface area contributed by atoms with Crippen molar-refractivity contribution in [2.45, 2.75) is 77.2 Å². The van der Waals surface area contributed by atoms with E-state index in [2.05, 4.69) is 55.5 Å². The summed E-state index contributed by atoms with van der Waals surface area (Å²) in [4.78, 5) is 21.4. The third-order valence-corrected chi connectivity index (χ3v) is 6.28. The second kappa shape index (κ2) is 24.0. The van der Waals surface area contributed by atoms with Crippen LogP contribution in [0, 0.1) is 0 Å². The molecule has 0 spiro atoms. The Bertz CT molecular complexity index is 813. The first-order chi connectivity index (χ1) is 18.6. The van der Waals surface area contributed by atoms with Crippen molar-refractivity contribution in [3.63, 3.8) is 0 Å². The van der Waals surface area contributed by atoms with Gasteiger partial charge in [-0.2, -0.15) is 0 Å². The quantitative estimate of drug-likeness (QED) is 0.0453.